The highest BCUT2D eigenvalue weighted by Gasteiger charge is 2.19. The molecule has 2 saturated heterocycles. The average Bonchev–Trinajstić information content (AvgIpc) is 2.90. The molecule has 37 heavy (non-hydrogen) atoms. The van der Waals surface area contributed by atoms with Gasteiger partial charge in [0.1, 0.15) is 5.60 Å². The second-order valence-electron chi connectivity index (χ2n) is 10.5. The standard InChI is InChI=1S/C17H27N3O2.C11H18N4/c1-17(2,3)22-16(21)5-4-10-19-11-13-20(14-12-19)15-6-8-18-9-7-15;12-3-6-14-7-9-15(10-8-14)11-1-4-13-5-2-11/h6-9H,4-5,10-14H2,1-3H3;1-2,4-5H,3,6-10,12H2. The predicted octanol–water partition coefficient (Wildman–Crippen LogP) is 2.49. The third kappa shape index (κ3) is 10.6. The Morgan fingerprint density at radius 1 is 0.784 bits per heavy atom. The van der Waals surface area contributed by atoms with Crippen LogP contribution in [0.25, 0.3) is 0 Å². The van der Waals surface area contributed by atoms with Gasteiger partial charge in [0.05, 0.1) is 0 Å². The molecule has 204 valence electrons. The fraction of sp³-hybridized carbons (Fsp3) is 0.607. The van der Waals surface area contributed by atoms with E-state index in [0.717, 1.165) is 78.4 Å². The van der Waals surface area contributed by atoms with Crippen molar-refractivity contribution in [2.75, 3.05) is 81.8 Å². The zero-order valence-electron chi connectivity index (χ0n) is 22.9. The lowest BCUT2D eigenvalue weighted by Crippen LogP contribution is -2.47. The predicted molar refractivity (Wildman–Crippen MR) is 150 cm³/mol. The van der Waals surface area contributed by atoms with E-state index < -0.39 is 0 Å². The third-order valence-corrected chi connectivity index (χ3v) is 6.52. The summed E-state index contributed by atoms with van der Waals surface area (Å²) in [5, 5.41) is 0. The molecular weight excluding hydrogens is 466 g/mol. The first-order valence-corrected chi connectivity index (χ1v) is 13.5. The molecule has 2 aliphatic rings. The molecule has 4 rings (SSSR count). The molecule has 9 heteroatoms. The molecule has 4 heterocycles. The van der Waals surface area contributed by atoms with Gasteiger partial charge in [-0.2, -0.15) is 0 Å². The maximum Gasteiger partial charge on any atom is 0.306 e. The lowest BCUT2D eigenvalue weighted by atomic mass is 10.2. The third-order valence-electron chi connectivity index (χ3n) is 6.52. The number of nitrogens with zero attached hydrogens (tertiary/aromatic N) is 6. The van der Waals surface area contributed by atoms with Crippen LogP contribution < -0.4 is 15.5 Å². The fourth-order valence-electron chi connectivity index (χ4n) is 4.59. The minimum Gasteiger partial charge on any atom is -0.460 e. The van der Waals surface area contributed by atoms with Gasteiger partial charge >= 0.3 is 5.97 Å². The SMILES string of the molecule is CC(C)(C)OC(=O)CCCN1CCN(c2ccncc2)CC1.NCCN1CCN(c2ccncc2)CC1. The van der Waals surface area contributed by atoms with Crippen LogP contribution >= 0.6 is 0 Å². The number of carbonyl (C=O) groups excluding carboxylic acids is 1. The molecular formula is C28H45N7O2. The summed E-state index contributed by atoms with van der Waals surface area (Å²) in [6.45, 7) is 17.0. The summed E-state index contributed by atoms with van der Waals surface area (Å²) in [6.07, 6.45) is 8.74. The molecule has 0 bridgehead atoms. The van der Waals surface area contributed by atoms with Gasteiger partial charge in [0, 0.05) is 108 Å². The molecule has 0 unspecified atom stereocenters. The number of anilines is 2. The van der Waals surface area contributed by atoms with Crippen LogP contribution in [0.3, 0.4) is 0 Å². The maximum absolute atomic E-state index is 11.7. The molecule has 0 saturated carbocycles. The Bertz CT molecular complexity index is 892. The molecule has 9 nitrogen and oxygen atoms in total. The summed E-state index contributed by atoms with van der Waals surface area (Å²) in [7, 11) is 0. The van der Waals surface area contributed by atoms with Crippen molar-refractivity contribution >= 4 is 17.3 Å². The first-order valence-electron chi connectivity index (χ1n) is 13.5. The van der Waals surface area contributed by atoms with Gasteiger partial charge in [0.25, 0.3) is 0 Å². The maximum atomic E-state index is 11.7. The van der Waals surface area contributed by atoms with Gasteiger partial charge in [-0.15, -0.1) is 0 Å². The van der Waals surface area contributed by atoms with E-state index in [1.54, 1.807) is 0 Å². The van der Waals surface area contributed by atoms with Gasteiger partial charge < -0.3 is 20.3 Å². The molecule has 0 radical (unpaired) electrons. The average molecular weight is 512 g/mol. The van der Waals surface area contributed by atoms with Crippen molar-refractivity contribution < 1.29 is 9.53 Å². The number of hydrogen-bond donors (Lipinski definition) is 1. The quantitative estimate of drug-likeness (QED) is 0.537. The van der Waals surface area contributed by atoms with Crippen LogP contribution in [0.1, 0.15) is 33.6 Å². The molecule has 0 aromatic carbocycles. The minimum absolute atomic E-state index is 0.0945. The molecule has 2 N–H and O–H groups in total. The number of hydrogen-bond acceptors (Lipinski definition) is 9. The van der Waals surface area contributed by atoms with Crippen molar-refractivity contribution in [3.05, 3.63) is 49.1 Å². The Balaban J connectivity index is 0.000000220. The van der Waals surface area contributed by atoms with Crippen LogP contribution in [-0.2, 0) is 9.53 Å². The Hall–Kier alpha value is -2.75. The Labute approximate surface area is 222 Å². The summed E-state index contributed by atoms with van der Waals surface area (Å²) in [5.41, 5.74) is 7.67. The number of piperazine rings is 2. The number of rotatable bonds is 8. The molecule has 2 aromatic heterocycles. The second kappa shape index (κ2) is 14.9. The Kier molecular flexibility index (Phi) is 11.6. The van der Waals surface area contributed by atoms with Crippen molar-refractivity contribution in [1.82, 2.24) is 19.8 Å². The van der Waals surface area contributed by atoms with E-state index in [9.17, 15) is 4.79 Å². The fourth-order valence-corrected chi connectivity index (χ4v) is 4.59. The number of esters is 1. The van der Waals surface area contributed by atoms with Gasteiger partial charge in [0.2, 0.25) is 0 Å². The number of aromatic nitrogens is 2. The van der Waals surface area contributed by atoms with E-state index in [2.05, 4.69) is 53.8 Å². The van der Waals surface area contributed by atoms with E-state index in [1.165, 1.54) is 11.4 Å². The van der Waals surface area contributed by atoms with Gasteiger partial charge in [-0.05, 0) is 58.0 Å². The zero-order chi connectivity index (χ0) is 26.5. The molecule has 2 aromatic rings. The van der Waals surface area contributed by atoms with Crippen molar-refractivity contribution in [2.45, 2.75) is 39.2 Å². The molecule has 0 aliphatic carbocycles. The Morgan fingerprint density at radius 2 is 1.22 bits per heavy atom. The van der Waals surface area contributed by atoms with Gasteiger partial charge in [0.15, 0.2) is 0 Å². The van der Waals surface area contributed by atoms with Gasteiger partial charge in [-0.3, -0.25) is 24.6 Å². The van der Waals surface area contributed by atoms with Gasteiger partial charge in [-0.1, -0.05) is 0 Å². The lowest BCUT2D eigenvalue weighted by Gasteiger charge is -2.36. The Morgan fingerprint density at radius 3 is 1.62 bits per heavy atom. The van der Waals surface area contributed by atoms with Crippen molar-refractivity contribution in [1.29, 1.82) is 0 Å². The normalized spacial score (nSPS) is 17.2. The number of carbonyl (C=O) groups is 1. The van der Waals surface area contributed by atoms with Crippen LogP contribution in [0.15, 0.2) is 49.1 Å². The molecule has 0 atom stereocenters. The topological polar surface area (TPSA) is 91.1 Å². The minimum atomic E-state index is -0.382. The van der Waals surface area contributed by atoms with Crippen LogP contribution in [0, 0.1) is 0 Å². The van der Waals surface area contributed by atoms with Crippen LogP contribution in [0.2, 0.25) is 0 Å². The van der Waals surface area contributed by atoms with E-state index in [-0.39, 0.29) is 11.6 Å². The largest absolute Gasteiger partial charge is 0.460 e. The zero-order valence-corrected chi connectivity index (χ0v) is 22.9. The monoisotopic (exact) mass is 511 g/mol. The van der Waals surface area contributed by atoms with E-state index >= 15 is 0 Å². The lowest BCUT2D eigenvalue weighted by molar-refractivity contribution is -0.155. The van der Waals surface area contributed by atoms with E-state index in [4.69, 9.17) is 10.5 Å². The first kappa shape index (κ1) is 28.8. The number of ether oxygens (including phenoxy) is 1. The van der Waals surface area contributed by atoms with Crippen molar-refractivity contribution in [2.24, 2.45) is 5.73 Å². The molecule has 2 fully saturated rings. The highest BCUT2D eigenvalue weighted by molar-refractivity contribution is 5.69. The summed E-state index contributed by atoms with van der Waals surface area (Å²) in [5.74, 6) is -0.0945. The van der Waals surface area contributed by atoms with Crippen molar-refractivity contribution in [3.8, 4) is 0 Å². The smallest absolute Gasteiger partial charge is 0.306 e. The highest BCUT2D eigenvalue weighted by atomic mass is 16.6. The highest BCUT2D eigenvalue weighted by Crippen LogP contribution is 2.16. The number of pyridine rings is 2. The first-order chi connectivity index (χ1) is 17.8. The molecule has 0 spiro atoms. The van der Waals surface area contributed by atoms with E-state index in [0.29, 0.717) is 6.42 Å². The second-order valence-corrected chi connectivity index (χ2v) is 10.5. The van der Waals surface area contributed by atoms with Crippen LogP contribution in [0.4, 0.5) is 11.4 Å². The van der Waals surface area contributed by atoms with Crippen molar-refractivity contribution in [3.63, 3.8) is 0 Å². The molecule has 0 amide bonds. The summed E-state index contributed by atoms with van der Waals surface area (Å²) in [6, 6.07) is 8.24. The summed E-state index contributed by atoms with van der Waals surface area (Å²) < 4.78 is 5.33. The van der Waals surface area contributed by atoms with Gasteiger partial charge in [-0.25, -0.2) is 0 Å². The molecule has 2 aliphatic heterocycles. The summed E-state index contributed by atoms with van der Waals surface area (Å²) >= 11 is 0. The summed E-state index contributed by atoms with van der Waals surface area (Å²) in [4.78, 5) is 29.4. The van der Waals surface area contributed by atoms with Crippen LogP contribution in [-0.4, -0.2) is 103 Å². The van der Waals surface area contributed by atoms with Crippen LogP contribution in [0.5, 0.6) is 0 Å². The number of nitrogens with two attached hydrogens (primary N) is 1. The van der Waals surface area contributed by atoms with E-state index in [1.807, 2.05) is 45.6 Å².